The Labute approximate surface area is 132 Å². The zero-order valence-electron chi connectivity index (χ0n) is 12.1. The first-order valence-corrected chi connectivity index (χ1v) is 8.20. The summed E-state index contributed by atoms with van der Waals surface area (Å²) in [6.07, 6.45) is 8.35. The molecule has 5 heteroatoms. The molecule has 1 aliphatic carbocycles. The molecule has 1 aromatic heterocycles. The van der Waals surface area contributed by atoms with E-state index in [2.05, 4.69) is 37.0 Å². The molecule has 112 valence electrons. The van der Waals surface area contributed by atoms with Crippen LogP contribution < -0.4 is 5.32 Å². The van der Waals surface area contributed by atoms with Crippen LogP contribution in [0.3, 0.4) is 0 Å². The number of hydrogen-bond acceptors (Lipinski definition) is 2. The minimum atomic E-state index is -0.271. The third-order valence-electron chi connectivity index (χ3n) is 4.00. The van der Waals surface area contributed by atoms with Crippen molar-refractivity contribution in [2.45, 2.75) is 45.1 Å². The molecule has 0 atom stereocenters. The Hall–Kier alpha value is -1.36. The summed E-state index contributed by atoms with van der Waals surface area (Å²) in [6, 6.07) is 5.54. The molecule has 0 saturated heterocycles. The first kappa shape index (κ1) is 14.6. The number of imidazole rings is 1. The second-order valence-electron chi connectivity index (χ2n) is 5.66. The van der Waals surface area contributed by atoms with Crippen LogP contribution in [0.2, 0.25) is 0 Å². The fourth-order valence-electron chi connectivity index (χ4n) is 2.95. The van der Waals surface area contributed by atoms with E-state index in [1.807, 2.05) is 13.0 Å². The Morgan fingerprint density at radius 1 is 1.29 bits per heavy atom. The number of rotatable bonds is 3. The van der Waals surface area contributed by atoms with Crippen molar-refractivity contribution in [2.24, 2.45) is 0 Å². The van der Waals surface area contributed by atoms with Crippen molar-refractivity contribution in [2.75, 3.05) is 5.32 Å². The molecule has 1 saturated carbocycles. The molecule has 0 unspecified atom stereocenters. The number of halogens is 2. The van der Waals surface area contributed by atoms with Crippen LogP contribution in [-0.2, 0) is 0 Å². The lowest BCUT2D eigenvalue weighted by atomic mass is 9.95. The Morgan fingerprint density at radius 2 is 2.05 bits per heavy atom. The maximum atomic E-state index is 13.6. The largest absolute Gasteiger partial charge is 0.325 e. The second kappa shape index (κ2) is 6.18. The van der Waals surface area contributed by atoms with Crippen LogP contribution >= 0.6 is 15.9 Å². The second-order valence-corrected chi connectivity index (χ2v) is 6.51. The van der Waals surface area contributed by atoms with E-state index in [1.54, 1.807) is 6.07 Å². The SMILES string of the molecule is Cc1cn(C2CCCCC2)c(Nc2ccc(Br)c(F)c2)n1. The summed E-state index contributed by atoms with van der Waals surface area (Å²) in [6.45, 7) is 1.99. The molecule has 0 amide bonds. The molecule has 1 aliphatic rings. The monoisotopic (exact) mass is 351 g/mol. The van der Waals surface area contributed by atoms with E-state index >= 15 is 0 Å². The predicted molar refractivity (Wildman–Crippen MR) is 86.5 cm³/mol. The van der Waals surface area contributed by atoms with E-state index < -0.39 is 0 Å². The average molecular weight is 352 g/mol. The summed E-state index contributed by atoms with van der Waals surface area (Å²) in [5.41, 5.74) is 1.71. The highest BCUT2D eigenvalue weighted by molar-refractivity contribution is 9.10. The van der Waals surface area contributed by atoms with Crippen molar-refractivity contribution in [3.63, 3.8) is 0 Å². The van der Waals surface area contributed by atoms with Gasteiger partial charge in [-0.2, -0.15) is 0 Å². The summed E-state index contributed by atoms with van der Waals surface area (Å²) >= 11 is 3.17. The summed E-state index contributed by atoms with van der Waals surface area (Å²) in [5, 5.41) is 3.25. The van der Waals surface area contributed by atoms with E-state index in [-0.39, 0.29) is 5.82 Å². The number of nitrogens with zero attached hydrogens (tertiary/aromatic N) is 2. The van der Waals surface area contributed by atoms with Crippen LogP contribution in [0, 0.1) is 12.7 Å². The van der Waals surface area contributed by atoms with Gasteiger partial charge in [0.25, 0.3) is 0 Å². The Morgan fingerprint density at radius 3 is 2.76 bits per heavy atom. The first-order valence-electron chi connectivity index (χ1n) is 7.41. The Balaban J connectivity index is 1.85. The van der Waals surface area contributed by atoms with Gasteiger partial charge in [0.2, 0.25) is 5.95 Å². The van der Waals surface area contributed by atoms with E-state index in [9.17, 15) is 4.39 Å². The fourth-order valence-corrected chi connectivity index (χ4v) is 3.20. The molecule has 0 radical (unpaired) electrons. The molecule has 1 N–H and O–H groups in total. The van der Waals surface area contributed by atoms with Crippen molar-refractivity contribution >= 4 is 27.6 Å². The Bertz CT molecular complexity index is 632. The zero-order valence-corrected chi connectivity index (χ0v) is 13.7. The minimum absolute atomic E-state index is 0.271. The number of anilines is 2. The molecule has 21 heavy (non-hydrogen) atoms. The highest BCUT2D eigenvalue weighted by Gasteiger charge is 2.19. The van der Waals surface area contributed by atoms with Crippen LogP contribution in [0.5, 0.6) is 0 Å². The quantitative estimate of drug-likeness (QED) is 0.808. The van der Waals surface area contributed by atoms with Gasteiger partial charge in [0.05, 0.1) is 10.2 Å². The molecule has 0 aliphatic heterocycles. The molecule has 1 heterocycles. The summed E-state index contributed by atoms with van der Waals surface area (Å²) in [5.74, 6) is 0.536. The van der Waals surface area contributed by atoms with Crippen molar-refractivity contribution in [3.05, 3.63) is 40.4 Å². The normalized spacial score (nSPS) is 16.1. The van der Waals surface area contributed by atoms with E-state index in [4.69, 9.17) is 0 Å². The average Bonchev–Trinajstić information content (AvgIpc) is 2.85. The lowest BCUT2D eigenvalue weighted by Crippen LogP contribution is -2.14. The summed E-state index contributed by atoms with van der Waals surface area (Å²) in [4.78, 5) is 4.55. The van der Waals surface area contributed by atoms with Gasteiger partial charge in [0.15, 0.2) is 0 Å². The Kier molecular flexibility index (Phi) is 4.29. The highest BCUT2D eigenvalue weighted by Crippen LogP contribution is 2.32. The van der Waals surface area contributed by atoms with E-state index in [1.165, 1.54) is 38.2 Å². The van der Waals surface area contributed by atoms with Gasteiger partial charge >= 0.3 is 0 Å². The number of nitrogens with one attached hydrogen (secondary N) is 1. The van der Waals surface area contributed by atoms with Gasteiger partial charge in [-0.15, -0.1) is 0 Å². The number of hydrogen-bond donors (Lipinski definition) is 1. The van der Waals surface area contributed by atoms with Crippen LogP contribution in [0.1, 0.15) is 43.8 Å². The van der Waals surface area contributed by atoms with Crippen LogP contribution in [0.15, 0.2) is 28.9 Å². The molecule has 2 aromatic rings. The number of benzene rings is 1. The molecule has 3 rings (SSSR count). The van der Waals surface area contributed by atoms with Gasteiger partial charge < -0.3 is 9.88 Å². The third kappa shape index (κ3) is 3.28. The first-order chi connectivity index (χ1) is 10.1. The fraction of sp³-hybridized carbons (Fsp3) is 0.438. The smallest absolute Gasteiger partial charge is 0.207 e. The van der Waals surface area contributed by atoms with E-state index in [0.717, 1.165) is 17.3 Å². The van der Waals surface area contributed by atoms with Crippen LogP contribution in [-0.4, -0.2) is 9.55 Å². The molecule has 0 bridgehead atoms. The lowest BCUT2D eigenvalue weighted by Gasteiger charge is -2.24. The summed E-state index contributed by atoms with van der Waals surface area (Å²) in [7, 11) is 0. The van der Waals surface area contributed by atoms with Gasteiger partial charge in [-0.25, -0.2) is 9.37 Å². The topological polar surface area (TPSA) is 29.9 Å². The predicted octanol–water partition coefficient (Wildman–Crippen LogP) is 5.34. The van der Waals surface area contributed by atoms with Crippen molar-refractivity contribution < 1.29 is 4.39 Å². The van der Waals surface area contributed by atoms with Crippen molar-refractivity contribution in [1.29, 1.82) is 0 Å². The van der Waals surface area contributed by atoms with Crippen molar-refractivity contribution in [1.82, 2.24) is 9.55 Å². The van der Waals surface area contributed by atoms with Crippen LogP contribution in [0.25, 0.3) is 0 Å². The van der Waals surface area contributed by atoms with Gasteiger partial charge in [0.1, 0.15) is 5.82 Å². The minimum Gasteiger partial charge on any atom is -0.325 e. The zero-order chi connectivity index (χ0) is 14.8. The van der Waals surface area contributed by atoms with Gasteiger partial charge in [-0.3, -0.25) is 0 Å². The number of aryl methyl sites for hydroxylation is 1. The molecule has 1 fully saturated rings. The maximum Gasteiger partial charge on any atom is 0.207 e. The number of aromatic nitrogens is 2. The molecule has 1 aromatic carbocycles. The third-order valence-corrected chi connectivity index (χ3v) is 4.64. The summed E-state index contributed by atoms with van der Waals surface area (Å²) < 4.78 is 16.3. The van der Waals surface area contributed by atoms with Gasteiger partial charge in [-0.05, 0) is 53.9 Å². The maximum absolute atomic E-state index is 13.6. The lowest BCUT2D eigenvalue weighted by molar-refractivity contribution is 0.356. The molecule has 3 nitrogen and oxygen atoms in total. The van der Waals surface area contributed by atoms with Crippen LogP contribution in [0.4, 0.5) is 16.0 Å². The van der Waals surface area contributed by atoms with Gasteiger partial charge in [-0.1, -0.05) is 19.3 Å². The molecular weight excluding hydrogens is 333 g/mol. The molecular formula is C16H19BrFN3. The van der Waals surface area contributed by atoms with Crippen molar-refractivity contribution in [3.8, 4) is 0 Å². The van der Waals surface area contributed by atoms with E-state index in [0.29, 0.717) is 10.5 Å². The molecule has 0 spiro atoms. The standard InChI is InChI=1S/C16H19BrFN3/c1-11-10-21(13-5-3-2-4-6-13)16(19-11)20-12-7-8-14(17)15(18)9-12/h7-10,13H,2-6H2,1H3,(H,19,20). The highest BCUT2D eigenvalue weighted by atomic mass is 79.9. The van der Waals surface area contributed by atoms with Gasteiger partial charge in [0, 0.05) is 17.9 Å².